The molecule has 0 bridgehead atoms. The van der Waals surface area contributed by atoms with Crippen LogP contribution in [0.5, 0.6) is 11.5 Å². The van der Waals surface area contributed by atoms with Crippen LogP contribution in [-0.4, -0.2) is 43.7 Å². The van der Waals surface area contributed by atoms with E-state index in [1.807, 2.05) is 39.8 Å². The van der Waals surface area contributed by atoms with E-state index in [4.69, 9.17) is 21.1 Å². The highest BCUT2D eigenvalue weighted by atomic mass is 127. The van der Waals surface area contributed by atoms with Gasteiger partial charge in [0.05, 0.1) is 18.1 Å². The Balaban J connectivity index is 0.00000364. The average Bonchev–Trinajstić information content (AvgIpc) is 2.56. The Morgan fingerprint density at radius 2 is 1.93 bits per heavy atom. The van der Waals surface area contributed by atoms with Crippen molar-refractivity contribution in [2.75, 3.05) is 26.3 Å². The van der Waals surface area contributed by atoms with E-state index in [1.165, 1.54) is 0 Å². The molecule has 0 aromatic heterocycles. The van der Waals surface area contributed by atoms with Gasteiger partial charge < -0.3 is 25.4 Å². The first-order chi connectivity index (χ1) is 12.3. The Bertz CT molecular complexity index is 677. The summed E-state index contributed by atoms with van der Waals surface area (Å²) in [7, 11) is 0. The molecule has 27 heavy (non-hydrogen) atoms. The summed E-state index contributed by atoms with van der Waals surface area (Å²) in [5.74, 6) is 1.68. The molecule has 0 unspecified atom stereocenters. The molecule has 1 aliphatic rings. The summed E-state index contributed by atoms with van der Waals surface area (Å²) >= 11 is 6.25. The lowest BCUT2D eigenvalue weighted by molar-refractivity contribution is -0.121. The van der Waals surface area contributed by atoms with Crippen molar-refractivity contribution in [3.8, 4) is 11.5 Å². The van der Waals surface area contributed by atoms with Crippen LogP contribution in [0.4, 0.5) is 0 Å². The lowest BCUT2D eigenvalue weighted by Crippen LogP contribution is -2.48. The second kappa shape index (κ2) is 10.8. The summed E-state index contributed by atoms with van der Waals surface area (Å²) in [5.41, 5.74) is 0.631. The largest absolute Gasteiger partial charge is 0.486 e. The molecule has 2 rings (SSSR count). The van der Waals surface area contributed by atoms with E-state index in [-0.39, 0.29) is 42.0 Å². The van der Waals surface area contributed by atoms with Crippen molar-refractivity contribution in [3.63, 3.8) is 0 Å². The molecular weight excluding hydrogens is 483 g/mol. The van der Waals surface area contributed by atoms with Gasteiger partial charge in [0, 0.05) is 12.1 Å². The minimum Gasteiger partial charge on any atom is -0.486 e. The second-order valence-corrected chi connectivity index (χ2v) is 7.36. The molecule has 152 valence electrons. The Morgan fingerprint density at radius 3 is 2.59 bits per heavy atom. The normalized spacial score (nSPS) is 13.4. The fraction of sp³-hybridized carbons (Fsp3) is 0.556. The summed E-state index contributed by atoms with van der Waals surface area (Å²) in [5, 5.41) is 9.56. The maximum atomic E-state index is 11.9. The molecule has 7 nitrogen and oxygen atoms in total. The molecule has 0 aliphatic carbocycles. The van der Waals surface area contributed by atoms with Crippen LogP contribution in [0.3, 0.4) is 0 Å². The van der Waals surface area contributed by atoms with E-state index in [1.54, 1.807) is 0 Å². The van der Waals surface area contributed by atoms with Gasteiger partial charge in [0.2, 0.25) is 5.91 Å². The van der Waals surface area contributed by atoms with E-state index in [0.717, 1.165) is 5.56 Å². The number of guanidine groups is 1. The number of ether oxygens (including phenoxy) is 2. The topological polar surface area (TPSA) is 84.0 Å². The van der Waals surface area contributed by atoms with Gasteiger partial charge in [-0.05, 0) is 45.4 Å². The monoisotopic (exact) mass is 510 g/mol. The number of carbonyl (C=O) groups excluding carboxylic acids is 1. The van der Waals surface area contributed by atoms with Crippen molar-refractivity contribution in [2.24, 2.45) is 4.99 Å². The van der Waals surface area contributed by atoms with Crippen molar-refractivity contribution in [3.05, 3.63) is 22.7 Å². The van der Waals surface area contributed by atoms with E-state index in [0.29, 0.717) is 48.8 Å². The third-order valence-corrected chi connectivity index (χ3v) is 3.63. The SMILES string of the molecule is CCNC(=NCc1cc(Cl)c2c(c1)OCCO2)NCC(=O)NC(C)(C)C.I. The molecular formula is C18H28ClIN4O3. The van der Waals surface area contributed by atoms with Crippen molar-refractivity contribution in [2.45, 2.75) is 39.8 Å². The third kappa shape index (κ3) is 8.00. The maximum Gasteiger partial charge on any atom is 0.239 e. The molecule has 1 aromatic rings. The van der Waals surface area contributed by atoms with Crippen LogP contribution in [0.1, 0.15) is 33.3 Å². The molecule has 0 radical (unpaired) electrons. The number of carbonyl (C=O) groups is 1. The van der Waals surface area contributed by atoms with Crippen LogP contribution in [0, 0.1) is 0 Å². The summed E-state index contributed by atoms with van der Waals surface area (Å²) in [6.07, 6.45) is 0. The number of rotatable bonds is 5. The first kappa shape index (κ1) is 23.6. The van der Waals surface area contributed by atoms with Gasteiger partial charge in [0.15, 0.2) is 17.5 Å². The Kier molecular flexibility index (Phi) is 9.44. The number of hydrogen-bond donors (Lipinski definition) is 3. The predicted octanol–water partition coefficient (Wildman–Crippen LogP) is 2.70. The van der Waals surface area contributed by atoms with Crippen molar-refractivity contribution >= 4 is 47.4 Å². The smallest absolute Gasteiger partial charge is 0.239 e. The lowest BCUT2D eigenvalue weighted by atomic mass is 10.1. The zero-order valence-corrected chi connectivity index (χ0v) is 19.2. The van der Waals surface area contributed by atoms with Crippen LogP contribution in [-0.2, 0) is 11.3 Å². The van der Waals surface area contributed by atoms with E-state index in [2.05, 4.69) is 20.9 Å². The lowest BCUT2D eigenvalue weighted by Gasteiger charge is -2.21. The predicted molar refractivity (Wildman–Crippen MR) is 119 cm³/mol. The van der Waals surface area contributed by atoms with Gasteiger partial charge in [-0.25, -0.2) is 4.99 Å². The standard InChI is InChI=1S/C18H27ClN4O3.HI/c1-5-20-17(22-11-15(24)23-18(2,3)4)21-10-12-8-13(19)16-14(9-12)25-6-7-26-16;/h8-9H,5-7,10-11H2,1-4H3,(H,23,24)(H2,20,21,22);1H. The number of hydrogen-bond acceptors (Lipinski definition) is 4. The Labute approximate surface area is 182 Å². The van der Waals surface area contributed by atoms with Gasteiger partial charge in [0.25, 0.3) is 0 Å². The van der Waals surface area contributed by atoms with Crippen molar-refractivity contribution in [1.29, 1.82) is 0 Å². The Morgan fingerprint density at radius 1 is 1.22 bits per heavy atom. The van der Waals surface area contributed by atoms with Gasteiger partial charge in [0.1, 0.15) is 13.2 Å². The quantitative estimate of drug-likeness (QED) is 0.322. The van der Waals surface area contributed by atoms with Gasteiger partial charge >= 0.3 is 0 Å². The van der Waals surface area contributed by atoms with Gasteiger partial charge in [-0.2, -0.15) is 0 Å². The molecule has 0 atom stereocenters. The van der Waals surface area contributed by atoms with E-state index in [9.17, 15) is 4.79 Å². The minimum absolute atomic E-state index is 0. The van der Waals surface area contributed by atoms with E-state index < -0.39 is 0 Å². The molecule has 1 heterocycles. The summed E-state index contributed by atoms with van der Waals surface area (Å²) in [6.45, 7) is 10.0. The van der Waals surface area contributed by atoms with Crippen LogP contribution < -0.4 is 25.4 Å². The number of halogens is 2. The van der Waals surface area contributed by atoms with Crippen molar-refractivity contribution < 1.29 is 14.3 Å². The zero-order chi connectivity index (χ0) is 19.2. The van der Waals surface area contributed by atoms with Crippen LogP contribution >= 0.6 is 35.6 Å². The number of aliphatic imine (C=N–C) groups is 1. The van der Waals surface area contributed by atoms with E-state index >= 15 is 0 Å². The molecule has 0 saturated heterocycles. The van der Waals surface area contributed by atoms with Gasteiger partial charge in [-0.15, -0.1) is 24.0 Å². The highest BCUT2D eigenvalue weighted by Crippen LogP contribution is 2.38. The highest BCUT2D eigenvalue weighted by Gasteiger charge is 2.17. The fourth-order valence-corrected chi connectivity index (χ4v) is 2.68. The summed E-state index contributed by atoms with van der Waals surface area (Å²) in [6, 6.07) is 3.69. The second-order valence-electron chi connectivity index (χ2n) is 6.95. The van der Waals surface area contributed by atoms with Crippen LogP contribution in [0.2, 0.25) is 5.02 Å². The summed E-state index contributed by atoms with van der Waals surface area (Å²) < 4.78 is 11.1. The number of amides is 1. The highest BCUT2D eigenvalue weighted by molar-refractivity contribution is 14.0. The van der Waals surface area contributed by atoms with Crippen LogP contribution in [0.25, 0.3) is 0 Å². The van der Waals surface area contributed by atoms with Gasteiger partial charge in [-0.1, -0.05) is 11.6 Å². The zero-order valence-electron chi connectivity index (χ0n) is 16.1. The number of nitrogens with zero attached hydrogens (tertiary/aromatic N) is 1. The minimum atomic E-state index is -0.268. The number of nitrogens with one attached hydrogen (secondary N) is 3. The fourth-order valence-electron chi connectivity index (χ4n) is 2.39. The molecule has 1 amide bonds. The first-order valence-electron chi connectivity index (χ1n) is 8.69. The summed E-state index contributed by atoms with van der Waals surface area (Å²) in [4.78, 5) is 16.4. The average molecular weight is 511 g/mol. The molecule has 3 N–H and O–H groups in total. The molecule has 1 aliphatic heterocycles. The molecule has 9 heteroatoms. The Hall–Kier alpha value is -1.42. The molecule has 0 spiro atoms. The van der Waals surface area contributed by atoms with Crippen LogP contribution in [0.15, 0.2) is 17.1 Å². The van der Waals surface area contributed by atoms with Gasteiger partial charge in [-0.3, -0.25) is 4.79 Å². The molecule has 0 fully saturated rings. The number of fused-ring (bicyclic) bond motifs is 1. The first-order valence-corrected chi connectivity index (χ1v) is 9.07. The number of benzene rings is 1. The molecule has 1 aromatic carbocycles. The van der Waals surface area contributed by atoms with Crippen molar-refractivity contribution in [1.82, 2.24) is 16.0 Å². The third-order valence-electron chi connectivity index (χ3n) is 3.35. The maximum absolute atomic E-state index is 11.9. The molecule has 0 saturated carbocycles.